The SMILES string of the molecule is C=CC[C@@H](CC(=O)N(CCO)Cc1ccccc1)C(=O)N[C@@H](C)COC(=O)[C@@H](CC=C)NC(=O)OCc1ccccc1. The van der Waals surface area contributed by atoms with Crippen molar-refractivity contribution in [2.45, 2.75) is 51.4 Å². The predicted molar refractivity (Wildman–Crippen MR) is 159 cm³/mol. The zero-order chi connectivity index (χ0) is 30.7. The van der Waals surface area contributed by atoms with Crippen molar-refractivity contribution in [1.82, 2.24) is 15.5 Å². The van der Waals surface area contributed by atoms with E-state index in [0.717, 1.165) is 11.1 Å². The van der Waals surface area contributed by atoms with Gasteiger partial charge in [0.05, 0.1) is 18.6 Å². The lowest BCUT2D eigenvalue weighted by molar-refractivity contribution is -0.147. The summed E-state index contributed by atoms with van der Waals surface area (Å²) in [5, 5.41) is 14.7. The Kier molecular flexibility index (Phi) is 15.1. The fourth-order valence-electron chi connectivity index (χ4n) is 4.04. The molecule has 0 aliphatic carbocycles. The van der Waals surface area contributed by atoms with E-state index in [1.54, 1.807) is 13.0 Å². The van der Waals surface area contributed by atoms with Crippen LogP contribution in [0.4, 0.5) is 4.79 Å². The molecule has 0 fully saturated rings. The number of rotatable bonds is 18. The molecule has 3 amide bonds. The Morgan fingerprint density at radius 3 is 2.12 bits per heavy atom. The van der Waals surface area contributed by atoms with Crippen LogP contribution >= 0.6 is 0 Å². The molecule has 2 aromatic carbocycles. The number of hydrogen-bond acceptors (Lipinski definition) is 7. The van der Waals surface area contributed by atoms with Gasteiger partial charge >= 0.3 is 12.1 Å². The number of benzene rings is 2. The third-order valence-corrected chi connectivity index (χ3v) is 6.24. The van der Waals surface area contributed by atoms with Gasteiger partial charge in [-0.1, -0.05) is 72.8 Å². The first-order chi connectivity index (χ1) is 20.3. The first-order valence-electron chi connectivity index (χ1n) is 13.9. The molecule has 42 heavy (non-hydrogen) atoms. The smallest absolute Gasteiger partial charge is 0.408 e. The fourth-order valence-corrected chi connectivity index (χ4v) is 4.04. The molecule has 3 atom stereocenters. The number of ether oxygens (including phenoxy) is 2. The fraction of sp³-hybridized carbons (Fsp3) is 0.375. The topological polar surface area (TPSA) is 134 Å². The van der Waals surface area contributed by atoms with Crippen molar-refractivity contribution in [2.24, 2.45) is 5.92 Å². The summed E-state index contributed by atoms with van der Waals surface area (Å²) in [6, 6.07) is 16.9. The van der Waals surface area contributed by atoms with Crippen molar-refractivity contribution in [3.63, 3.8) is 0 Å². The van der Waals surface area contributed by atoms with Crippen LogP contribution in [-0.2, 0) is 37.0 Å². The summed E-state index contributed by atoms with van der Waals surface area (Å²) >= 11 is 0. The van der Waals surface area contributed by atoms with Crippen molar-refractivity contribution in [3.05, 3.63) is 97.1 Å². The van der Waals surface area contributed by atoms with E-state index in [1.807, 2.05) is 60.7 Å². The van der Waals surface area contributed by atoms with Crippen LogP contribution in [0.2, 0.25) is 0 Å². The van der Waals surface area contributed by atoms with Gasteiger partial charge in [0.2, 0.25) is 11.8 Å². The summed E-state index contributed by atoms with van der Waals surface area (Å²) in [6.45, 7) is 9.12. The molecule has 0 saturated heterocycles. The number of aliphatic hydroxyl groups excluding tert-OH is 1. The summed E-state index contributed by atoms with van der Waals surface area (Å²) in [4.78, 5) is 52.5. The van der Waals surface area contributed by atoms with E-state index in [0.29, 0.717) is 6.54 Å². The van der Waals surface area contributed by atoms with Gasteiger partial charge < -0.3 is 30.1 Å². The normalized spacial score (nSPS) is 12.6. The number of carbonyl (C=O) groups is 4. The average Bonchev–Trinajstić information content (AvgIpc) is 2.99. The second-order valence-electron chi connectivity index (χ2n) is 9.77. The minimum Gasteiger partial charge on any atom is -0.462 e. The molecule has 0 heterocycles. The van der Waals surface area contributed by atoms with Gasteiger partial charge in [-0.05, 0) is 30.9 Å². The summed E-state index contributed by atoms with van der Waals surface area (Å²) in [5.74, 6) is -2.06. The van der Waals surface area contributed by atoms with E-state index in [1.165, 1.54) is 11.0 Å². The van der Waals surface area contributed by atoms with Crippen LogP contribution in [0.3, 0.4) is 0 Å². The van der Waals surface area contributed by atoms with Crippen molar-refractivity contribution < 1.29 is 33.8 Å². The molecule has 0 aliphatic heterocycles. The van der Waals surface area contributed by atoms with Gasteiger partial charge in [0.1, 0.15) is 19.3 Å². The van der Waals surface area contributed by atoms with Crippen LogP contribution in [0.5, 0.6) is 0 Å². The van der Waals surface area contributed by atoms with Gasteiger partial charge in [0, 0.05) is 19.5 Å². The summed E-state index contributed by atoms with van der Waals surface area (Å²) in [6.07, 6.45) is 2.58. The molecular weight excluding hydrogens is 538 g/mol. The molecule has 0 unspecified atom stereocenters. The Bertz CT molecular complexity index is 1160. The highest BCUT2D eigenvalue weighted by Gasteiger charge is 2.26. The molecule has 0 aliphatic rings. The van der Waals surface area contributed by atoms with Gasteiger partial charge in [0.15, 0.2) is 0 Å². The number of nitrogens with one attached hydrogen (secondary N) is 2. The van der Waals surface area contributed by atoms with Crippen LogP contribution in [0.1, 0.15) is 37.3 Å². The lowest BCUT2D eigenvalue weighted by atomic mass is 9.98. The lowest BCUT2D eigenvalue weighted by Gasteiger charge is -2.25. The van der Waals surface area contributed by atoms with Crippen LogP contribution in [0.25, 0.3) is 0 Å². The van der Waals surface area contributed by atoms with Crippen molar-refractivity contribution in [3.8, 4) is 0 Å². The first kappa shape index (κ1) is 33.8. The van der Waals surface area contributed by atoms with Crippen LogP contribution in [0, 0.1) is 5.92 Å². The average molecular weight is 580 g/mol. The van der Waals surface area contributed by atoms with Crippen LogP contribution in [0.15, 0.2) is 86.0 Å². The van der Waals surface area contributed by atoms with E-state index >= 15 is 0 Å². The van der Waals surface area contributed by atoms with E-state index in [2.05, 4.69) is 23.8 Å². The van der Waals surface area contributed by atoms with Crippen LogP contribution < -0.4 is 10.6 Å². The Morgan fingerprint density at radius 2 is 1.52 bits per heavy atom. The van der Waals surface area contributed by atoms with Crippen molar-refractivity contribution in [1.29, 1.82) is 0 Å². The highest BCUT2D eigenvalue weighted by Crippen LogP contribution is 2.15. The number of amides is 3. The Balaban J connectivity index is 1.88. The second-order valence-corrected chi connectivity index (χ2v) is 9.77. The second kappa shape index (κ2) is 18.8. The monoisotopic (exact) mass is 579 g/mol. The minimum atomic E-state index is -1.01. The highest BCUT2D eigenvalue weighted by molar-refractivity contribution is 5.86. The molecule has 2 rings (SSSR count). The number of alkyl carbamates (subject to hydrolysis) is 1. The molecule has 0 aromatic heterocycles. The summed E-state index contributed by atoms with van der Waals surface area (Å²) < 4.78 is 10.5. The number of carbonyl (C=O) groups excluding carboxylic acids is 4. The molecule has 2 aromatic rings. The quantitative estimate of drug-likeness (QED) is 0.182. The standard InChI is InChI=1S/C32H41N3O7/c1-4-12-27(20-29(37)35(18-19-36)21-25-14-8-6-9-15-25)30(38)33-24(3)22-41-31(39)28(13-5-2)34-32(40)42-23-26-16-10-7-11-17-26/h4-11,14-17,24,27-28,36H,1-2,12-13,18-23H2,3H3,(H,33,38)(H,34,40)/t24-,27-,28+/m0/s1. The number of hydrogen-bond donors (Lipinski definition) is 3. The first-order valence-corrected chi connectivity index (χ1v) is 13.9. The van der Waals surface area contributed by atoms with Gasteiger partial charge in [-0.3, -0.25) is 9.59 Å². The van der Waals surface area contributed by atoms with E-state index < -0.39 is 30.1 Å². The van der Waals surface area contributed by atoms with Gasteiger partial charge in [-0.15, -0.1) is 13.2 Å². The predicted octanol–water partition coefficient (Wildman–Crippen LogP) is 3.51. The highest BCUT2D eigenvalue weighted by atomic mass is 16.6. The zero-order valence-corrected chi connectivity index (χ0v) is 24.1. The van der Waals surface area contributed by atoms with E-state index in [4.69, 9.17) is 9.47 Å². The molecule has 10 nitrogen and oxygen atoms in total. The Labute approximate surface area is 247 Å². The minimum absolute atomic E-state index is 0.0456. The number of allylic oxidation sites excluding steroid dienone is 1. The maximum Gasteiger partial charge on any atom is 0.408 e. The van der Waals surface area contributed by atoms with Crippen molar-refractivity contribution >= 4 is 23.9 Å². The van der Waals surface area contributed by atoms with E-state index in [-0.39, 0.29) is 57.4 Å². The lowest BCUT2D eigenvalue weighted by Crippen LogP contribution is -2.45. The van der Waals surface area contributed by atoms with Gasteiger partial charge in [-0.2, -0.15) is 0 Å². The molecule has 10 heteroatoms. The van der Waals surface area contributed by atoms with Crippen molar-refractivity contribution in [2.75, 3.05) is 19.8 Å². The molecule has 0 bridgehead atoms. The molecule has 0 spiro atoms. The maximum absolute atomic E-state index is 13.1. The molecule has 3 N–H and O–H groups in total. The van der Waals surface area contributed by atoms with Gasteiger partial charge in [-0.25, -0.2) is 9.59 Å². The van der Waals surface area contributed by atoms with E-state index in [9.17, 15) is 24.3 Å². The number of esters is 1. The largest absolute Gasteiger partial charge is 0.462 e. The van der Waals surface area contributed by atoms with Gasteiger partial charge in [0.25, 0.3) is 0 Å². The van der Waals surface area contributed by atoms with Crippen LogP contribution in [-0.4, -0.2) is 65.7 Å². The number of aliphatic hydroxyl groups is 1. The Hall–Kier alpha value is -4.44. The molecule has 226 valence electrons. The Morgan fingerprint density at radius 1 is 0.905 bits per heavy atom. The third-order valence-electron chi connectivity index (χ3n) is 6.24. The molecule has 0 radical (unpaired) electrons. The molecule has 0 saturated carbocycles. The summed E-state index contributed by atoms with van der Waals surface area (Å²) in [5.41, 5.74) is 1.71. The maximum atomic E-state index is 13.1. The number of nitrogens with zero attached hydrogens (tertiary/aromatic N) is 1. The molecular formula is C32H41N3O7. The summed E-state index contributed by atoms with van der Waals surface area (Å²) in [7, 11) is 0. The third kappa shape index (κ3) is 12.4. The zero-order valence-electron chi connectivity index (χ0n) is 24.1.